The van der Waals surface area contributed by atoms with E-state index < -0.39 is 5.97 Å². The second-order valence-corrected chi connectivity index (χ2v) is 2.04. The van der Waals surface area contributed by atoms with Crippen molar-refractivity contribution in [3.63, 3.8) is 0 Å². The van der Waals surface area contributed by atoms with Crippen LogP contribution in [-0.4, -0.2) is 15.6 Å². The summed E-state index contributed by atoms with van der Waals surface area (Å²) in [5.74, 6) is -0.868. The number of carbonyl (C=O) groups is 1. The van der Waals surface area contributed by atoms with Gasteiger partial charge in [-0.25, -0.2) is 4.79 Å². The van der Waals surface area contributed by atoms with E-state index in [2.05, 4.69) is 0 Å². The van der Waals surface area contributed by atoms with Crippen LogP contribution in [0.3, 0.4) is 0 Å². The van der Waals surface area contributed by atoms with Gasteiger partial charge in [0.05, 0.1) is 5.56 Å². The lowest BCUT2D eigenvalue weighted by Crippen LogP contribution is -1.94. The van der Waals surface area contributed by atoms with Crippen LogP contribution in [0.25, 0.3) is 0 Å². The molecule has 1 aromatic rings. The van der Waals surface area contributed by atoms with Crippen molar-refractivity contribution in [2.45, 2.75) is 13.5 Å². The molecule has 1 rings (SSSR count). The minimum atomic E-state index is -0.868. The van der Waals surface area contributed by atoms with Crippen molar-refractivity contribution in [3.8, 4) is 0 Å². The minimum absolute atomic E-state index is 0.349. The van der Waals surface area contributed by atoms with E-state index in [-0.39, 0.29) is 0 Å². The Balaban J connectivity index is 2.88. The zero-order valence-electron chi connectivity index (χ0n) is 5.74. The van der Waals surface area contributed by atoms with Gasteiger partial charge in [-0.2, -0.15) is 0 Å². The second kappa shape index (κ2) is 2.56. The number of rotatable bonds is 2. The molecule has 0 aromatic carbocycles. The fourth-order valence-electron chi connectivity index (χ4n) is 0.764. The van der Waals surface area contributed by atoms with Crippen molar-refractivity contribution < 1.29 is 9.90 Å². The third-order valence-electron chi connectivity index (χ3n) is 1.36. The molecule has 3 heteroatoms. The van der Waals surface area contributed by atoms with Gasteiger partial charge in [0, 0.05) is 18.9 Å². The fraction of sp³-hybridized carbons (Fsp3) is 0.286. The standard InChI is InChI=1S/C7H9NO2/c1-2-8-4-3-6(5-8)7(9)10/h3-5H,2H2,1H3,(H,9,10). The molecular weight excluding hydrogens is 130 g/mol. The van der Waals surface area contributed by atoms with E-state index in [1.54, 1.807) is 18.5 Å². The molecule has 0 aliphatic heterocycles. The van der Waals surface area contributed by atoms with Gasteiger partial charge in [-0.05, 0) is 13.0 Å². The van der Waals surface area contributed by atoms with E-state index >= 15 is 0 Å². The smallest absolute Gasteiger partial charge is 0.337 e. The Morgan fingerprint density at radius 3 is 2.80 bits per heavy atom. The molecule has 0 aliphatic rings. The summed E-state index contributed by atoms with van der Waals surface area (Å²) in [5, 5.41) is 8.48. The van der Waals surface area contributed by atoms with E-state index in [0.717, 1.165) is 6.54 Å². The molecule has 1 aromatic heterocycles. The zero-order valence-corrected chi connectivity index (χ0v) is 5.74. The SMILES string of the molecule is CCn1ccc(C(=O)O)c1. The first-order valence-electron chi connectivity index (χ1n) is 3.13. The first kappa shape index (κ1) is 6.86. The highest BCUT2D eigenvalue weighted by Gasteiger charge is 2.01. The summed E-state index contributed by atoms with van der Waals surface area (Å²) in [7, 11) is 0. The highest BCUT2D eigenvalue weighted by Crippen LogP contribution is 1.99. The van der Waals surface area contributed by atoms with Crippen LogP contribution in [0.15, 0.2) is 18.5 Å². The van der Waals surface area contributed by atoms with Crippen LogP contribution < -0.4 is 0 Å². The van der Waals surface area contributed by atoms with Crippen molar-refractivity contribution in [1.29, 1.82) is 0 Å². The lowest BCUT2D eigenvalue weighted by molar-refractivity contribution is 0.0697. The normalized spacial score (nSPS) is 9.70. The maximum atomic E-state index is 10.3. The molecule has 0 radical (unpaired) electrons. The Morgan fingerprint density at radius 2 is 2.50 bits per heavy atom. The van der Waals surface area contributed by atoms with Gasteiger partial charge in [-0.1, -0.05) is 0 Å². The van der Waals surface area contributed by atoms with Crippen LogP contribution in [0, 0.1) is 0 Å². The number of hydrogen-bond acceptors (Lipinski definition) is 1. The van der Waals surface area contributed by atoms with Gasteiger partial charge in [0.15, 0.2) is 0 Å². The molecule has 0 fully saturated rings. The van der Waals surface area contributed by atoms with Crippen LogP contribution in [0.1, 0.15) is 17.3 Å². The Kier molecular flexibility index (Phi) is 1.76. The molecule has 0 spiro atoms. The topological polar surface area (TPSA) is 42.2 Å². The number of hydrogen-bond donors (Lipinski definition) is 1. The Labute approximate surface area is 58.9 Å². The predicted molar refractivity (Wildman–Crippen MR) is 37.1 cm³/mol. The molecule has 0 saturated heterocycles. The molecule has 0 unspecified atom stereocenters. The van der Waals surface area contributed by atoms with E-state index in [4.69, 9.17) is 5.11 Å². The largest absolute Gasteiger partial charge is 0.478 e. The average Bonchev–Trinajstić information content (AvgIpc) is 2.34. The van der Waals surface area contributed by atoms with E-state index in [1.807, 2.05) is 11.5 Å². The molecule has 1 heterocycles. The maximum Gasteiger partial charge on any atom is 0.337 e. The first-order valence-corrected chi connectivity index (χ1v) is 3.13. The van der Waals surface area contributed by atoms with Gasteiger partial charge < -0.3 is 9.67 Å². The summed E-state index contributed by atoms with van der Waals surface area (Å²) in [6, 6.07) is 1.59. The summed E-state index contributed by atoms with van der Waals surface area (Å²) in [6.07, 6.45) is 3.37. The molecule has 3 nitrogen and oxygen atoms in total. The summed E-state index contributed by atoms with van der Waals surface area (Å²) in [5.41, 5.74) is 0.349. The summed E-state index contributed by atoms with van der Waals surface area (Å²) < 4.78 is 1.82. The number of aromatic carboxylic acids is 1. The predicted octanol–water partition coefficient (Wildman–Crippen LogP) is 1.21. The maximum absolute atomic E-state index is 10.3. The molecule has 0 bridgehead atoms. The van der Waals surface area contributed by atoms with Crippen LogP contribution in [-0.2, 0) is 6.54 Å². The molecule has 1 N–H and O–H groups in total. The minimum Gasteiger partial charge on any atom is -0.478 e. The number of aryl methyl sites for hydroxylation is 1. The van der Waals surface area contributed by atoms with Crippen molar-refractivity contribution >= 4 is 5.97 Å². The lowest BCUT2D eigenvalue weighted by atomic mass is 10.4. The molecule has 0 amide bonds. The average molecular weight is 139 g/mol. The van der Waals surface area contributed by atoms with Crippen molar-refractivity contribution in [2.75, 3.05) is 0 Å². The Bertz CT molecular complexity index is 240. The summed E-state index contributed by atoms with van der Waals surface area (Å²) in [4.78, 5) is 10.3. The second-order valence-electron chi connectivity index (χ2n) is 2.04. The zero-order chi connectivity index (χ0) is 7.56. The number of aromatic nitrogens is 1. The number of carboxylic acid groups (broad SMARTS) is 1. The van der Waals surface area contributed by atoms with E-state index in [0.29, 0.717) is 5.56 Å². The van der Waals surface area contributed by atoms with Crippen LogP contribution in [0.5, 0.6) is 0 Å². The Morgan fingerprint density at radius 1 is 1.80 bits per heavy atom. The summed E-state index contributed by atoms with van der Waals surface area (Å²) >= 11 is 0. The quantitative estimate of drug-likeness (QED) is 0.669. The number of carboxylic acids is 1. The third kappa shape index (κ3) is 1.18. The fourth-order valence-corrected chi connectivity index (χ4v) is 0.764. The Hall–Kier alpha value is -1.25. The van der Waals surface area contributed by atoms with E-state index in [1.165, 1.54) is 0 Å². The molecule has 54 valence electrons. The van der Waals surface area contributed by atoms with Gasteiger partial charge in [0.25, 0.3) is 0 Å². The van der Waals surface area contributed by atoms with Gasteiger partial charge in [-0.3, -0.25) is 0 Å². The summed E-state index contributed by atoms with van der Waals surface area (Å²) in [6.45, 7) is 2.78. The molecule has 0 saturated carbocycles. The highest BCUT2D eigenvalue weighted by atomic mass is 16.4. The molecule has 0 aliphatic carbocycles. The van der Waals surface area contributed by atoms with Crippen LogP contribution in [0.4, 0.5) is 0 Å². The lowest BCUT2D eigenvalue weighted by Gasteiger charge is -1.91. The van der Waals surface area contributed by atoms with E-state index in [9.17, 15) is 4.79 Å². The van der Waals surface area contributed by atoms with Crippen LogP contribution >= 0.6 is 0 Å². The van der Waals surface area contributed by atoms with Gasteiger partial charge in [0.1, 0.15) is 0 Å². The van der Waals surface area contributed by atoms with Gasteiger partial charge in [-0.15, -0.1) is 0 Å². The molecule has 0 atom stereocenters. The third-order valence-corrected chi connectivity index (χ3v) is 1.36. The molecular formula is C7H9NO2. The van der Waals surface area contributed by atoms with Crippen molar-refractivity contribution in [3.05, 3.63) is 24.0 Å². The number of nitrogens with zero attached hydrogens (tertiary/aromatic N) is 1. The van der Waals surface area contributed by atoms with Gasteiger partial charge >= 0.3 is 5.97 Å². The first-order chi connectivity index (χ1) is 4.74. The molecule has 10 heavy (non-hydrogen) atoms. The monoisotopic (exact) mass is 139 g/mol. The van der Waals surface area contributed by atoms with Crippen molar-refractivity contribution in [1.82, 2.24) is 4.57 Å². The van der Waals surface area contributed by atoms with Crippen molar-refractivity contribution in [2.24, 2.45) is 0 Å². The van der Waals surface area contributed by atoms with Gasteiger partial charge in [0.2, 0.25) is 0 Å². The van der Waals surface area contributed by atoms with Crippen LogP contribution in [0.2, 0.25) is 0 Å². The highest BCUT2D eigenvalue weighted by molar-refractivity contribution is 5.87.